The molecule has 1 aliphatic rings. The van der Waals surface area contributed by atoms with Gasteiger partial charge in [0.1, 0.15) is 0 Å². The molecule has 0 fully saturated rings. The van der Waals surface area contributed by atoms with Gasteiger partial charge >= 0.3 is 0 Å². The molecule has 3 rings (SSSR count). The van der Waals surface area contributed by atoms with Crippen LogP contribution in [0.4, 0.5) is 11.4 Å². The molecule has 2 aromatic carbocycles. The van der Waals surface area contributed by atoms with Crippen molar-refractivity contribution in [3.8, 4) is 0 Å². The second-order valence-corrected chi connectivity index (χ2v) is 7.50. The highest BCUT2D eigenvalue weighted by molar-refractivity contribution is 7.92. The number of nitro benzene ring substituents is 1. The van der Waals surface area contributed by atoms with Crippen LogP contribution >= 0.6 is 0 Å². The van der Waals surface area contributed by atoms with Gasteiger partial charge in [-0.1, -0.05) is 24.3 Å². The molecule has 1 heterocycles. The predicted octanol–water partition coefficient (Wildman–Crippen LogP) is 3.04. The summed E-state index contributed by atoms with van der Waals surface area (Å²) in [6.45, 7) is 3.42. The van der Waals surface area contributed by atoms with Crippen molar-refractivity contribution in [3.05, 3.63) is 63.7 Å². The zero-order valence-corrected chi connectivity index (χ0v) is 13.6. The second-order valence-electron chi connectivity index (χ2n) is 5.69. The zero-order chi connectivity index (χ0) is 16.8. The van der Waals surface area contributed by atoms with Gasteiger partial charge in [0.2, 0.25) is 0 Å². The van der Waals surface area contributed by atoms with Gasteiger partial charge in [-0.2, -0.15) is 0 Å². The predicted molar refractivity (Wildman–Crippen MR) is 87.1 cm³/mol. The Bertz CT molecular complexity index is 893. The van der Waals surface area contributed by atoms with Crippen molar-refractivity contribution in [2.75, 3.05) is 4.31 Å². The molecule has 0 aromatic heterocycles. The van der Waals surface area contributed by atoms with Crippen LogP contribution in [0.15, 0.2) is 47.4 Å². The molecule has 0 bridgehead atoms. The van der Waals surface area contributed by atoms with Crippen molar-refractivity contribution in [2.45, 2.75) is 31.2 Å². The third kappa shape index (κ3) is 2.46. The molecule has 120 valence electrons. The molecule has 0 unspecified atom stereocenters. The third-order valence-electron chi connectivity index (χ3n) is 4.08. The summed E-state index contributed by atoms with van der Waals surface area (Å²) in [6.07, 6.45) is 0.628. The number of hydrogen-bond donors (Lipinski definition) is 0. The quantitative estimate of drug-likeness (QED) is 0.639. The van der Waals surface area contributed by atoms with Gasteiger partial charge in [-0.25, -0.2) is 8.42 Å². The Morgan fingerprint density at radius 3 is 2.61 bits per heavy atom. The topological polar surface area (TPSA) is 80.5 Å². The molecular weight excluding hydrogens is 316 g/mol. The Balaban J connectivity index is 2.13. The Morgan fingerprint density at radius 1 is 1.22 bits per heavy atom. The minimum Gasteiger partial charge on any atom is -0.263 e. The normalized spacial score (nSPS) is 17.1. The van der Waals surface area contributed by atoms with E-state index in [1.807, 2.05) is 19.1 Å². The smallest absolute Gasteiger partial charge is 0.263 e. The van der Waals surface area contributed by atoms with E-state index < -0.39 is 14.9 Å². The maximum absolute atomic E-state index is 13.0. The van der Waals surface area contributed by atoms with Crippen molar-refractivity contribution in [2.24, 2.45) is 0 Å². The number of anilines is 1. The van der Waals surface area contributed by atoms with Crippen LogP contribution in [-0.2, 0) is 16.4 Å². The Kier molecular flexibility index (Phi) is 3.60. The first-order valence-corrected chi connectivity index (χ1v) is 8.64. The minimum atomic E-state index is -3.85. The average Bonchev–Trinajstić information content (AvgIpc) is 2.83. The number of fused-ring (bicyclic) bond motifs is 1. The number of nitrogens with zero attached hydrogens (tertiary/aromatic N) is 2. The summed E-state index contributed by atoms with van der Waals surface area (Å²) in [6, 6.07) is 11.1. The van der Waals surface area contributed by atoms with Crippen LogP contribution in [-0.4, -0.2) is 19.4 Å². The monoisotopic (exact) mass is 332 g/mol. The number of nitro groups is 1. The first kappa shape index (κ1) is 15.5. The first-order valence-electron chi connectivity index (χ1n) is 7.20. The van der Waals surface area contributed by atoms with Gasteiger partial charge in [0.25, 0.3) is 15.7 Å². The van der Waals surface area contributed by atoms with Crippen LogP contribution in [0.2, 0.25) is 0 Å². The number of rotatable bonds is 3. The maximum atomic E-state index is 13.0. The molecule has 2 aromatic rings. The lowest BCUT2D eigenvalue weighted by Gasteiger charge is -2.24. The van der Waals surface area contributed by atoms with E-state index in [1.165, 1.54) is 16.4 Å². The molecule has 7 heteroatoms. The van der Waals surface area contributed by atoms with E-state index in [4.69, 9.17) is 0 Å². The van der Waals surface area contributed by atoms with Gasteiger partial charge in [-0.05, 0) is 38.0 Å². The van der Waals surface area contributed by atoms with Crippen LogP contribution in [0.3, 0.4) is 0 Å². The Hall–Kier alpha value is -2.41. The van der Waals surface area contributed by atoms with Crippen molar-refractivity contribution < 1.29 is 13.3 Å². The summed E-state index contributed by atoms with van der Waals surface area (Å²) in [5, 5.41) is 11.1. The number of hydrogen-bond acceptors (Lipinski definition) is 4. The SMILES string of the molecule is Cc1ccc(S(=O)(=O)N2c3ccccc3C[C@H]2C)cc1[N+](=O)[O-]. The number of aryl methyl sites for hydroxylation is 1. The summed E-state index contributed by atoms with van der Waals surface area (Å²) >= 11 is 0. The Morgan fingerprint density at radius 2 is 1.91 bits per heavy atom. The first-order chi connectivity index (χ1) is 10.8. The van der Waals surface area contributed by atoms with E-state index in [0.717, 1.165) is 11.6 Å². The van der Waals surface area contributed by atoms with Crippen LogP contribution < -0.4 is 4.31 Å². The highest BCUT2D eigenvalue weighted by Crippen LogP contribution is 2.37. The van der Waals surface area contributed by atoms with Gasteiger partial charge in [0, 0.05) is 17.7 Å². The average molecular weight is 332 g/mol. The van der Waals surface area contributed by atoms with E-state index in [-0.39, 0.29) is 16.6 Å². The lowest BCUT2D eigenvalue weighted by atomic mass is 10.1. The molecule has 0 spiro atoms. The molecule has 0 amide bonds. The highest BCUT2D eigenvalue weighted by Gasteiger charge is 2.36. The van der Waals surface area contributed by atoms with Gasteiger partial charge in [0.15, 0.2) is 0 Å². The fourth-order valence-electron chi connectivity index (χ4n) is 2.96. The van der Waals surface area contributed by atoms with E-state index in [1.54, 1.807) is 19.1 Å². The molecule has 1 atom stereocenters. The van der Waals surface area contributed by atoms with E-state index >= 15 is 0 Å². The molecule has 1 aliphatic heterocycles. The van der Waals surface area contributed by atoms with E-state index in [2.05, 4.69) is 0 Å². The maximum Gasteiger partial charge on any atom is 0.273 e. The summed E-state index contributed by atoms with van der Waals surface area (Å²) < 4.78 is 27.4. The molecule has 23 heavy (non-hydrogen) atoms. The largest absolute Gasteiger partial charge is 0.273 e. The van der Waals surface area contributed by atoms with E-state index in [0.29, 0.717) is 17.7 Å². The number of benzene rings is 2. The summed E-state index contributed by atoms with van der Waals surface area (Å²) in [5.74, 6) is 0. The molecule has 0 radical (unpaired) electrons. The highest BCUT2D eigenvalue weighted by atomic mass is 32.2. The van der Waals surface area contributed by atoms with Crippen molar-refractivity contribution >= 4 is 21.4 Å². The van der Waals surface area contributed by atoms with Crippen LogP contribution in [0, 0.1) is 17.0 Å². The number of para-hydroxylation sites is 1. The second kappa shape index (κ2) is 5.34. The lowest BCUT2D eigenvalue weighted by Crippen LogP contribution is -2.35. The van der Waals surface area contributed by atoms with Crippen molar-refractivity contribution in [3.63, 3.8) is 0 Å². The zero-order valence-electron chi connectivity index (χ0n) is 12.8. The van der Waals surface area contributed by atoms with Gasteiger partial charge in [-0.15, -0.1) is 0 Å². The summed E-state index contributed by atoms with van der Waals surface area (Å²) in [5.41, 5.74) is 1.85. The van der Waals surface area contributed by atoms with Crippen molar-refractivity contribution in [1.82, 2.24) is 0 Å². The molecule has 0 aliphatic carbocycles. The van der Waals surface area contributed by atoms with Crippen LogP contribution in [0.25, 0.3) is 0 Å². The van der Waals surface area contributed by atoms with Gasteiger partial charge in [0.05, 0.1) is 15.5 Å². The minimum absolute atomic E-state index is 0.0571. The standard InChI is InChI=1S/C16H16N2O4S/c1-11-7-8-14(10-16(11)18(19)20)23(21,22)17-12(2)9-13-5-3-4-6-15(13)17/h3-8,10,12H,9H2,1-2H3/t12-/m1/s1. The van der Waals surface area contributed by atoms with Gasteiger partial charge in [-0.3, -0.25) is 14.4 Å². The van der Waals surface area contributed by atoms with E-state index in [9.17, 15) is 18.5 Å². The molecule has 0 saturated heterocycles. The molecule has 6 nitrogen and oxygen atoms in total. The molecule has 0 saturated carbocycles. The number of sulfonamides is 1. The van der Waals surface area contributed by atoms with Gasteiger partial charge < -0.3 is 0 Å². The van der Waals surface area contributed by atoms with Crippen LogP contribution in [0.1, 0.15) is 18.1 Å². The summed E-state index contributed by atoms with van der Waals surface area (Å²) in [4.78, 5) is 10.5. The Labute approximate surface area is 134 Å². The van der Waals surface area contributed by atoms with Crippen LogP contribution in [0.5, 0.6) is 0 Å². The molecular formula is C16H16N2O4S. The third-order valence-corrected chi connectivity index (χ3v) is 6.00. The summed E-state index contributed by atoms with van der Waals surface area (Å²) in [7, 11) is -3.85. The fourth-order valence-corrected chi connectivity index (χ4v) is 4.68. The van der Waals surface area contributed by atoms with Crippen molar-refractivity contribution in [1.29, 1.82) is 0 Å². The molecule has 0 N–H and O–H groups in total. The fraction of sp³-hybridized carbons (Fsp3) is 0.250. The lowest BCUT2D eigenvalue weighted by molar-refractivity contribution is -0.385.